The molecule has 0 aliphatic rings. The number of esters is 1. The van der Waals surface area contributed by atoms with Gasteiger partial charge in [-0.3, -0.25) is 4.79 Å². The molecule has 0 heterocycles. The van der Waals surface area contributed by atoms with Crippen molar-refractivity contribution in [3.8, 4) is 0 Å². The van der Waals surface area contributed by atoms with Crippen molar-refractivity contribution in [1.82, 2.24) is 0 Å². The van der Waals surface area contributed by atoms with Gasteiger partial charge in [-0.25, -0.2) is 4.39 Å². The molecule has 0 bridgehead atoms. The molecule has 0 amide bonds. The van der Waals surface area contributed by atoms with E-state index in [-0.39, 0.29) is 5.82 Å². The molecule has 0 aromatic heterocycles. The lowest BCUT2D eigenvalue weighted by Crippen LogP contribution is -2.33. The Morgan fingerprint density at radius 3 is 2.87 bits per heavy atom. The molecule has 0 unspecified atom stereocenters. The van der Waals surface area contributed by atoms with Crippen molar-refractivity contribution in [3.05, 3.63) is 30.1 Å². The van der Waals surface area contributed by atoms with Gasteiger partial charge in [-0.2, -0.15) is 0 Å². The van der Waals surface area contributed by atoms with Crippen LogP contribution in [-0.2, 0) is 9.53 Å². The Bertz CT molecular complexity index is 346. The number of methoxy groups -OCH3 is 1. The third-order valence-corrected chi connectivity index (χ3v) is 2.93. The first kappa shape index (κ1) is 12.0. The fraction of sp³-hybridized carbons (Fsp3) is 0.300. The van der Waals surface area contributed by atoms with Gasteiger partial charge in [-0.15, -0.1) is 11.8 Å². The summed E-state index contributed by atoms with van der Waals surface area (Å²) in [5, 5.41) is 0. The Morgan fingerprint density at radius 2 is 2.27 bits per heavy atom. The van der Waals surface area contributed by atoms with E-state index in [0.29, 0.717) is 10.6 Å². The Morgan fingerprint density at radius 1 is 1.60 bits per heavy atom. The molecule has 1 aromatic rings. The number of hydrogen-bond donors (Lipinski definition) is 1. The molecule has 0 aliphatic carbocycles. The molecule has 2 N–H and O–H groups in total. The minimum absolute atomic E-state index is 0.299. The largest absolute Gasteiger partial charge is 0.468 e. The smallest absolute Gasteiger partial charge is 0.323 e. The zero-order chi connectivity index (χ0) is 11.3. The number of rotatable bonds is 4. The van der Waals surface area contributed by atoms with Gasteiger partial charge in [0.15, 0.2) is 0 Å². The van der Waals surface area contributed by atoms with Crippen LogP contribution in [0.4, 0.5) is 4.39 Å². The summed E-state index contributed by atoms with van der Waals surface area (Å²) in [5.41, 5.74) is 5.51. The standard InChI is InChI=1S/C10H12FNO2S/c1-14-10(13)8(12)6-15-9-5-3-2-4-7(9)11/h2-5,8H,6,12H2,1H3/t8-/m0/s1. The van der Waals surface area contributed by atoms with Crippen LogP contribution in [0.3, 0.4) is 0 Å². The highest BCUT2D eigenvalue weighted by Crippen LogP contribution is 2.21. The number of hydrogen-bond acceptors (Lipinski definition) is 4. The maximum absolute atomic E-state index is 13.1. The minimum Gasteiger partial charge on any atom is -0.468 e. The monoisotopic (exact) mass is 229 g/mol. The fourth-order valence-corrected chi connectivity index (χ4v) is 1.84. The predicted octanol–water partition coefficient (Wildman–Crippen LogP) is 1.42. The summed E-state index contributed by atoms with van der Waals surface area (Å²) >= 11 is 1.20. The first-order valence-corrected chi connectivity index (χ1v) is 5.34. The fourth-order valence-electron chi connectivity index (χ4n) is 0.961. The van der Waals surface area contributed by atoms with E-state index in [0.717, 1.165) is 0 Å². The van der Waals surface area contributed by atoms with E-state index in [1.807, 2.05) is 0 Å². The molecule has 0 radical (unpaired) electrons. The molecule has 0 saturated carbocycles. The van der Waals surface area contributed by atoms with Crippen LogP contribution in [0.15, 0.2) is 29.2 Å². The maximum Gasteiger partial charge on any atom is 0.323 e. The van der Waals surface area contributed by atoms with Crippen LogP contribution >= 0.6 is 11.8 Å². The SMILES string of the molecule is COC(=O)[C@@H](N)CSc1ccccc1F. The molecule has 1 atom stereocenters. The molecule has 0 fully saturated rings. The topological polar surface area (TPSA) is 52.3 Å². The van der Waals surface area contributed by atoms with Gasteiger partial charge in [0, 0.05) is 10.6 Å². The van der Waals surface area contributed by atoms with Gasteiger partial charge in [0.1, 0.15) is 11.9 Å². The second-order valence-electron chi connectivity index (χ2n) is 2.87. The first-order valence-electron chi connectivity index (χ1n) is 4.36. The average molecular weight is 229 g/mol. The summed E-state index contributed by atoms with van der Waals surface area (Å²) < 4.78 is 17.6. The Hall–Kier alpha value is -1.07. The zero-order valence-corrected chi connectivity index (χ0v) is 9.09. The first-order chi connectivity index (χ1) is 7.15. The maximum atomic E-state index is 13.1. The molecule has 5 heteroatoms. The highest BCUT2D eigenvalue weighted by atomic mass is 32.2. The van der Waals surface area contributed by atoms with E-state index in [9.17, 15) is 9.18 Å². The predicted molar refractivity (Wildman–Crippen MR) is 57.1 cm³/mol. The van der Waals surface area contributed by atoms with Crippen LogP contribution in [0, 0.1) is 5.82 Å². The molecule has 1 rings (SSSR count). The average Bonchev–Trinajstić information content (AvgIpc) is 2.26. The van der Waals surface area contributed by atoms with Crippen molar-refractivity contribution in [2.45, 2.75) is 10.9 Å². The minimum atomic E-state index is -0.723. The van der Waals surface area contributed by atoms with Crippen LogP contribution in [-0.4, -0.2) is 24.9 Å². The van der Waals surface area contributed by atoms with Gasteiger partial charge in [0.25, 0.3) is 0 Å². The Labute approximate surface area is 91.8 Å². The van der Waals surface area contributed by atoms with Crippen molar-refractivity contribution >= 4 is 17.7 Å². The van der Waals surface area contributed by atoms with Gasteiger partial charge >= 0.3 is 5.97 Å². The number of benzene rings is 1. The van der Waals surface area contributed by atoms with Gasteiger partial charge < -0.3 is 10.5 Å². The molecule has 0 aliphatic heterocycles. The number of carbonyl (C=O) groups excluding carboxylic acids is 1. The summed E-state index contributed by atoms with van der Waals surface area (Å²) in [6.45, 7) is 0. The second kappa shape index (κ2) is 5.72. The summed E-state index contributed by atoms with van der Waals surface area (Å²) in [7, 11) is 1.27. The van der Waals surface area contributed by atoms with Crippen molar-refractivity contribution < 1.29 is 13.9 Å². The Balaban J connectivity index is 2.50. The molecule has 0 saturated heterocycles. The van der Waals surface area contributed by atoms with Crippen LogP contribution < -0.4 is 5.73 Å². The second-order valence-corrected chi connectivity index (χ2v) is 3.93. The van der Waals surface area contributed by atoms with Crippen molar-refractivity contribution in [1.29, 1.82) is 0 Å². The van der Waals surface area contributed by atoms with Gasteiger partial charge in [-0.1, -0.05) is 12.1 Å². The normalized spacial score (nSPS) is 12.2. The lowest BCUT2D eigenvalue weighted by molar-refractivity contribution is -0.141. The summed E-state index contributed by atoms with van der Waals surface area (Å²) in [4.78, 5) is 11.4. The molecular weight excluding hydrogens is 217 g/mol. The van der Waals surface area contributed by atoms with Crippen LogP contribution in [0.2, 0.25) is 0 Å². The van der Waals surface area contributed by atoms with Crippen LogP contribution in [0.25, 0.3) is 0 Å². The third kappa shape index (κ3) is 3.53. The number of nitrogens with two attached hydrogens (primary N) is 1. The number of halogens is 1. The van der Waals surface area contributed by atoms with Crippen molar-refractivity contribution in [3.63, 3.8) is 0 Å². The molecule has 1 aromatic carbocycles. The molecule has 15 heavy (non-hydrogen) atoms. The number of carbonyl (C=O) groups is 1. The third-order valence-electron chi connectivity index (χ3n) is 1.76. The van der Waals surface area contributed by atoms with Crippen molar-refractivity contribution in [2.24, 2.45) is 5.73 Å². The van der Waals surface area contributed by atoms with Crippen LogP contribution in [0.1, 0.15) is 0 Å². The van der Waals surface area contributed by atoms with Gasteiger partial charge in [-0.05, 0) is 12.1 Å². The lowest BCUT2D eigenvalue weighted by Gasteiger charge is -2.08. The molecular formula is C10H12FNO2S. The summed E-state index contributed by atoms with van der Waals surface area (Å²) in [5.74, 6) is -0.494. The number of thioether (sulfide) groups is 1. The summed E-state index contributed by atoms with van der Waals surface area (Å²) in [6.07, 6.45) is 0. The molecule has 3 nitrogen and oxygen atoms in total. The quantitative estimate of drug-likeness (QED) is 0.626. The highest BCUT2D eigenvalue weighted by molar-refractivity contribution is 7.99. The van der Waals surface area contributed by atoms with Gasteiger partial charge in [0.05, 0.1) is 7.11 Å². The van der Waals surface area contributed by atoms with Crippen molar-refractivity contribution in [2.75, 3.05) is 12.9 Å². The highest BCUT2D eigenvalue weighted by Gasteiger charge is 2.14. The van der Waals surface area contributed by atoms with Crippen LogP contribution in [0.5, 0.6) is 0 Å². The van der Waals surface area contributed by atoms with Gasteiger partial charge in [0.2, 0.25) is 0 Å². The summed E-state index contributed by atoms with van der Waals surface area (Å²) in [6, 6.07) is 5.63. The number of ether oxygens (including phenoxy) is 1. The van der Waals surface area contributed by atoms with E-state index in [1.54, 1.807) is 18.2 Å². The van der Waals surface area contributed by atoms with E-state index in [1.165, 1.54) is 24.9 Å². The van der Waals surface area contributed by atoms with E-state index < -0.39 is 12.0 Å². The Kier molecular flexibility index (Phi) is 4.58. The molecule has 82 valence electrons. The zero-order valence-electron chi connectivity index (χ0n) is 8.27. The van der Waals surface area contributed by atoms with E-state index >= 15 is 0 Å². The van der Waals surface area contributed by atoms with E-state index in [2.05, 4.69) is 4.74 Å². The van der Waals surface area contributed by atoms with E-state index in [4.69, 9.17) is 5.73 Å². The molecule has 0 spiro atoms. The lowest BCUT2D eigenvalue weighted by atomic mass is 10.3.